The molecular formula is C17H23N3O4S. The normalized spacial score (nSPS) is 12.6. The van der Waals surface area contributed by atoms with Gasteiger partial charge in [-0.3, -0.25) is 9.59 Å². The summed E-state index contributed by atoms with van der Waals surface area (Å²) in [6, 6.07) is 6.82. The van der Waals surface area contributed by atoms with Crippen molar-refractivity contribution >= 4 is 32.5 Å². The molecule has 1 aromatic carbocycles. The lowest BCUT2D eigenvalue weighted by Crippen LogP contribution is -2.34. The lowest BCUT2D eigenvalue weighted by Gasteiger charge is -2.21. The molecule has 0 unspecified atom stereocenters. The number of nitrogens with zero attached hydrogens (tertiary/aromatic N) is 1. The van der Waals surface area contributed by atoms with E-state index in [1.54, 1.807) is 18.2 Å². The van der Waals surface area contributed by atoms with Gasteiger partial charge in [0.1, 0.15) is 0 Å². The predicted molar refractivity (Wildman–Crippen MR) is 99.4 cm³/mol. The topological polar surface area (TPSA) is 99.3 Å². The van der Waals surface area contributed by atoms with Crippen LogP contribution in [0.3, 0.4) is 0 Å². The maximum atomic E-state index is 12.0. The molecule has 0 aliphatic carbocycles. The van der Waals surface area contributed by atoms with Crippen molar-refractivity contribution < 1.29 is 13.2 Å². The molecule has 0 spiro atoms. The minimum Gasteiger partial charge on any atom is -0.325 e. The molecular weight excluding hydrogens is 342 g/mol. The van der Waals surface area contributed by atoms with E-state index in [9.17, 15) is 18.0 Å². The third-order valence-electron chi connectivity index (χ3n) is 3.87. The highest BCUT2D eigenvalue weighted by atomic mass is 32.2. The van der Waals surface area contributed by atoms with Crippen LogP contribution in [-0.2, 0) is 20.2 Å². The third-order valence-corrected chi connectivity index (χ3v) is 5.13. The Labute approximate surface area is 147 Å². The number of nitrogens with one attached hydrogen (secondary N) is 2. The zero-order valence-electron chi connectivity index (χ0n) is 15.0. The molecule has 7 nitrogen and oxygen atoms in total. The SMILES string of the molecule is CN(CC(=O)Nc1ccc2c(C(C)(C)C)cc(=O)[nH]c2c1)S(C)(=O)=O. The van der Waals surface area contributed by atoms with Gasteiger partial charge in [0.2, 0.25) is 21.5 Å². The van der Waals surface area contributed by atoms with Crippen LogP contribution in [0.1, 0.15) is 26.3 Å². The van der Waals surface area contributed by atoms with Crippen LogP contribution in [0.2, 0.25) is 0 Å². The molecule has 25 heavy (non-hydrogen) atoms. The zero-order valence-corrected chi connectivity index (χ0v) is 15.8. The Bertz CT molecular complexity index is 972. The fourth-order valence-electron chi connectivity index (χ4n) is 2.48. The highest BCUT2D eigenvalue weighted by Crippen LogP contribution is 2.29. The van der Waals surface area contributed by atoms with E-state index in [2.05, 4.69) is 10.3 Å². The minimum absolute atomic E-state index is 0.199. The smallest absolute Gasteiger partial charge is 0.248 e. The van der Waals surface area contributed by atoms with Crippen LogP contribution >= 0.6 is 0 Å². The summed E-state index contributed by atoms with van der Waals surface area (Å²) in [4.78, 5) is 26.7. The molecule has 1 aromatic heterocycles. The zero-order chi connectivity index (χ0) is 19.0. The van der Waals surface area contributed by atoms with Crippen LogP contribution in [0.25, 0.3) is 10.9 Å². The van der Waals surface area contributed by atoms with Gasteiger partial charge in [0.15, 0.2) is 0 Å². The molecule has 0 bridgehead atoms. The minimum atomic E-state index is -3.43. The number of benzene rings is 1. The molecule has 8 heteroatoms. The maximum absolute atomic E-state index is 12.0. The predicted octanol–water partition coefficient (Wildman–Crippen LogP) is 1.66. The first kappa shape index (κ1) is 19.1. The van der Waals surface area contributed by atoms with E-state index < -0.39 is 15.9 Å². The Hall–Kier alpha value is -2.19. The first-order valence-electron chi connectivity index (χ1n) is 7.76. The molecule has 2 aromatic rings. The van der Waals surface area contributed by atoms with E-state index in [4.69, 9.17) is 0 Å². The number of pyridine rings is 1. The van der Waals surface area contributed by atoms with Crippen molar-refractivity contribution in [3.63, 3.8) is 0 Å². The van der Waals surface area contributed by atoms with Gasteiger partial charge < -0.3 is 10.3 Å². The quantitative estimate of drug-likeness (QED) is 0.860. The molecule has 1 heterocycles. The van der Waals surface area contributed by atoms with Crippen LogP contribution < -0.4 is 10.9 Å². The van der Waals surface area contributed by atoms with E-state index in [1.807, 2.05) is 26.8 Å². The number of sulfonamides is 1. The molecule has 0 fully saturated rings. The van der Waals surface area contributed by atoms with Crippen LogP contribution in [0.15, 0.2) is 29.1 Å². The van der Waals surface area contributed by atoms with Gasteiger partial charge >= 0.3 is 0 Å². The van der Waals surface area contributed by atoms with E-state index in [-0.39, 0.29) is 17.5 Å². The van der Waals surface area contributed by atoms with Crippen LogP contribution in [0.5, 0.6) is 0 Å². The van der Waals surface area contributed by atoms with Gasteiger partial charge in [-0.15, -0.1) is 0 Å². The van der Waals surface area contributed by atoms with Crippen molar-refractivity contribution in [3.8, 4) is 0 Å². The van der Waals surface area contributed by atoms with E-state index in [1.165, 1.54) is 7.05 Å². The number of fused-ring (bicyclic) bond motifs is 1. The lowest BCUT2D eigenvalue weighted by molar-refractivity contribution is -0.116. The number of carbonyl (C=O) groups excluding carboxylic acids is 1. The second-order valence-electron chi connectivity index (χ2n) is 7.12. The number of aromatic nitrogens is 1. The van der Waals surface area contributed by atoms with Gasteiger partial charge in [0, 0.05) is 24.2 Å². The fraction of sp³-hybridized carbons (Fsp3) is 0.412. The molecule has 0 saturated carbocycles. The van der Waals surface area contributed by atoms with Gasteiger partial charge in [0.05, 0.1) is 18.3 Å². The number of hydrogen-bond acceptors (Lipinski definition) is 4. The first-order chi connectivity index (χ1) is 11.4. The van der Waals surface area contributed by atoms with Gasteiger partial charge in [-0.1, -0.05) is 26.8 Å². The van der Waals surface area contributed by atoms with E-state index in [0.717, 1.165) is 21.5 Å². The summed E-state index contributed by atoms with van der Waals surface area (Å²) in [5, 5.41) is 3.55. The van der Waals surface area contributed by atoms with Gasteiger partial charge in [-0.2, -0.15) is 4.31 Å². The standard InChI is InChI=1S/C17H23N3O4S/c1-17(2,3)13-9-15(21)19-14-8-11(6-7-12(13)14)18-16(22)10-20(4)25(5,23)24/h6-9H,10H2,1-5H3,(H,18,22)(H,19,21). The fourth-order valence-corrected chi connectivity index (χ4v) is 2.83. The van der Waals surface area contributed by atoms with Crippen molar-refractivity contribution in [2.24, 2.45) is 0 Å². The average Bonchev–Trinajstić information content (AvgIpc) is 2.43. The number of hydrogen-bond donors (Lipinski definition) is 2. The highest BCUT2D eigenvalue weighted by Gasteiger charge is 2.19. The number of likely N-dealkylation sites (N-methyl/N-ethyl adjacent to an activating group) is 1. The maximum Gasteiger partial charge on any atom is 0.248 e. The molecule has 0 atom stereocenters. The largest absolute Gasteiger partial charge is 0.325 e. The highest BCUT2D eigenvalue weighted by molar-refractivity contribution is 7.88. The summed E-state index contributed by atoms with van der Waals surface area (Å²) >= 11 is 0. The Morgan fingerprint density at radius 3 is 2.44 bits per heavy atom. The summed E-state index contributed by atoms with van der Waals surface area (Å²) < 4.78 is 23.7. The summed E-state index contributed by atoms with van der Waals surface area (Å²) in [6.45, 7) is 5.79. The Morgan fingerprint density at radius 1 is 1.24 bits per heavy atom. The number of H-pyrrole nitrogens is 1. The van der Waals surface area contributed by atoms with Crippen LogP contribution in [0.4, 0.5) is 5.69 Å². The lowest BCUT2D eigenvalue weighted by atomic mass is 9.85. The summed E-state index contributed by atoms with van der Waals surface area (Å²) in [5.74, 6) is -0.457. The second kappa shape index (κ2) is 6.61. The third kappa shape index (κ3) is 4.67. The Morgan fingerprint density at radius 2 is 1.88 bits per heavy atom. The Kier molecular flexibility index (Phi) is 5.06. The molecule has 0 saturated heterocycles. The molecule has 0 aliphatic rings. The van der Waals surface area contributed by atoms with E-state index >= 15 is 0 Å². The Balaban J connectivity index is 2.33. The summed E-state index contributed by atoms with van der Waals surface area (Å²) in [7, 11) is -2.09. The van der Waals surface area contributed by atoms with Gasteiger partial charge in [0.25, 0.3) is 0 Å². The summed E-state index contributed by atoms with van der Waals surface area (Å²) in [5.41, 5.74) is 1.61. The number of aromatic amines is 1. The number of amides is 1. The van der Waals surface area contributed by atoms with E-state index in [0.29, 0.717) is 11.2 Å². The molecule has 136 valence electrons. The molecule has 2 N–H and O–H groups in total. The van der Waals surface area contributed by atoms with Crippen molar-refractivity contribution in [2.75, 3.05) is 25.2 Å². The average molecular weight is 365 g/mol. The van der Waals surface area contributed by atoms with Crippen molar-refractivity contribution in [1.29, 1.82) is 0 Å². The van der Waals surface area contributed by atoms with Gasteiger partial charge in [-0.25, -0.2) is 8.42 Å². The van der Waals surface area contributed by atoms with Crippen molar-refractivity contribution in [2.45, 2.75) is 26.2 Å². The van der Waals surface area contributed by atoms with Crippen LogP contribution in [-0.4, -0.2) is 43.5 Å². The van der Waals surface area contributed by atoms with Crippen molar-refractivity contribution in [1.82, 2.24) is 9.29 Å². The van der Waals surface area contributed by atoms with Crippen LogP contribution in [0, 0.1) is 0 Å². The molecule has 0 radical (unpaired) electrons. The summed E-state index contributed by atoms with van der Waals surface area (Å²) in [6.07, 6.45) is 1.04. The van der Waals surface area contributed by atoms with Crippen molar-refractivity contribution in [3.05, 3.63) is 40.2 Å². The van der Waals surface area contributed by atoms with Gasteiger partial charge in [-0.05, 0) is 23.1 Å². The molecule has 0 aliphatic heterocycles. The number of carbonyl (C=O) groups is 1. The first-order valence-corrected chi connectivity index (χ1v) is 9.61. The number of anilines is 1. The monoisotopic (exact) mass is 365 g/mol. The second-order valence-corrected chi connectivity index (χ2v) is 9.21. The molecule has 1 amide bonds. The molecule has 2 rings (SSSR count). The number of rotatable bonds is 4.